The van der Waals surface area contributed by atoms with Crippen LogP contribution in [0.4, 0.5) is 4.79 Å². The molecule has 4 heteroatoms. The smallest absolute Gasteiger partial charge is 0.410 e. The van der Waals surface area contributed by atoms with E-state index >= 15 is 0 Å². The van der Waals surface area contributed by atoms with E-state index in [1.807, 2.05) is 44.7 Å². The molecule has 0 aromatic carbocycles. The molecule has 0 aromatic rings. The summed E-state index contributed by atoms with van der Waals surface area (Å²) in [5, 5.41) is 3.87. The van der Waals surface area contributed by atoms with Gasteiger partial charge in [-0.15, -0.1) is 0 Å². The van der Waals surface area contributed by atoms with Gasteiger partial charge < -0.3 is 15.0 Å². The first-order valence-electron chi connectivity index (χ1n) is 9.97. The van der Waals surface area contributed by atoms with Crippen LogP contribution in [-0.4, -0.2) is 40.8 Å². The number of rotatable bonds is 7. The molecule has 2 saturated carbocycles. The van der Waals surface area contributed by atoms with Gasteiger partial charge in [0.25, 0.3) is 0 Å². The molecule has 1 N–H and O–H groups in total. The molecule has 1 amide bonds. The zero-order chi connectivity index (χ0) is 19.4. The standard InChI is InChI=1S/C22H36N2O2/c1-7-11-17(8-2)22(14-15-22)23-18-12-10-13-19(16-18)24(9-3)20(25)26-21(4,5)6/h7-8,11,18-19,23H,1-2,9-10,12-16H2,3-6H3/b17-11+. The van der Waals surface area contributed by atoms with Crippen molar-refractivity contribution in [3.05, 3.63) is 37.0 Å². The second kappa shape index (κ2) is 8.43. The summed E-state index contributed by atoms with van der Waals surface area (Å²) >= 11 is 0. The molecule has 0 saturated heterocycles. The summed E-state index contributed by atoms with van der Waals surface area (Å²) in [6.07, 6.45) is 12.3. The fourth-order valence-corrected chi connectivity index (χ4v) is 4.02. The molecular formula is C22H36N2O2. The molecule has 2 fully saturated rings. The van der Waals surface area contributed by atoms with Gasteiger partial charge in [-0.2, -0.15) is 0 Å². The molecule has 26 heavy (non-hydrogen) atoms. The summed E-state index contributed by atoms with van der Waals surface area (Å²) in [5.74, 6) is 0. The number of nitrogens with one attached hydrogen (secondary N) is 1. The zero-order valence-electron chi connectivity index (χ0n) is 17.0. The highest BCUT2D eigenvalue weighted by Crippen LogP contribution is 2.44. The third kappa shape index (κ3) is 5.23. The highest BCUT2D eigenvalue weighted by Gasteiger charge is 2.46. The minimum Gasteiger partial charge on any atom is -0.444 e. The normalized spacial score (nSPS) is 25.3. The van der Waals surface area contributed by atoms with Gasteiger partial charge in [0.1, 0.15) is 5.60 Å². The molecular weight excluding hydrogens is 324 g/mol. The summed E-state index contributed by atoms with van der Waals surface area (Å²) in [6, 6.07) is 0.661. The maximum Gasteiger partial charge on any atom is 0.410 e. The summed E-state index contributed by atoms with van der Waals surface area (Å²) in [6.45, 7) is 16.3. The van der Waals surface area contributed by atoms with E-state index in [0.717, 1.165) is 38.5 Å². The van der Waals surface area contributed by atoms with Crippen LogP contribution in [0, 0.1) is 0 Å². The predicted octanol–water partition coefficient (Wildman–Crippen LogP) is 4.98. The summed E-state index contributed by atoms with van der Waals surface area (Å²) in [5.41, 5.74) is 0.837. The Labute approximate surface area is 159 Å². The molecule has 0 heterocycles. The van der Waals surface area contributed by atoms with Gasteiger partial charge in [0.2, 0.25) is 0 Å². The molecule has 2 aliphatic carbocycles. The van der Waals surface area contributed by atoms with Crippen molar-refractivity contribution < 1.29 is 9.53 Å². The van der Waals surface area contributed by atoms with Crippen molar-refractivity contribution in [2.45, 2.75) is 89.4 Å². The predicted molar refractivity (Wildman–Crippen MR) is 108 cm³/mol. The summed E-state index contributed by atoms with van der Waals surface area (Å²) < 4.78 is 5.61. The topological polar surface area (TPSA) is 41.6 Å². The number of hydrogen-bond acceptors (Lipinski definition) is 3. The molecule has 4 nitrogen and oxygen atoms in total. The average Bonchev–Trinajstić information content (AvgIpc) is 3.32. The van der Waals surface area contributed by atoms with Gasteiger partial charge in [-0.3, -0.25) is 0 Å². The van der Waals surface area contributed by atoms with Crippen LogP contribution in [0.15, 0.2) is 37.0 Å². The SMILES string of the molecule is C=C/C=C(\C=C)C1(NC2CCCC(N(CC)C(=O)OC(C)(C)C)C2)CC1. The number of ether oxygens (including phenoxy) is 1. The van der Waals surface area contributed by atoms with Crippen molar-refractivity contribution in [2.24, 2.45) is 0 Å². The Balaban J connectivity index is 2.02. The highest BCUT2D eigenvalue weighted by molar-refractivity contribution is 5.68. The van der Waals surface area contributed by atoms with E-state index in [1.54, 1.807) is 0 Å². The second-order valence-corrected chi connectivity index (χ2v) is 8.57. The molecule has 2 unspecified atom stereocenters. The van der Waals surface area contributed by atoms with Crippen LogP contribution >= 0.6 is 0 Å². The first-order chi connectivity index (χ1) is 12.2. The lowest BCUT2D eigenvalue weighted by Crippen LogP contribution is -2.50. The molecule has 0 bridgehead atoms. The number of amides is 1. The van der Waals surface area contributed by atoms with E-state index < -0.39 is 5.60 Å². The Kier molecular flexibility index (Phi) is 6.73. The minimum atomic E-state index is -0.455. The van der Waals surface area contributed by atoms with E-state index in [0.29, 0.717) is 12.6 Å². The first-order valence-corrected chi connectivity index (χ1v) is 9.97. The number of carbonyl (C=O) groups is 1. The van der Waals surface area contributed by atoms with Gasteiger partial charge in [0.15, 0.2) is 0 Å². The van der Waals surface area contributed by atoms with Gasteiger partial charge >= 0.3 is 6.09 Å². The number of hydrogen-bond donors (Lipinski definition) is 1. The summed E-state index contributed by atoms with van der Waals surface area (Å²) in [7, 11) is 0. The Morgan fingerprint density at radius 1 is 1.31 bits per heavy atom. The van der Waals surface area contributed by atoms with Gasteiger partial charge in [-0.25, -0.2) is 4.79 Å². The van der Waals surface area contributed by atoms with E-state index in [9.17, 15) is 4.79 Å². The van der Waals surface area contributed by atoms with Crippen LogP contribution in [0.3, 0.4) is 0 Å². The third-order valence-electron chi connectivity index (χ3n) is 5.36. The molecule has 0 spiro atoms. The number of carbonyl (C=O) groups excluding carboxylic acids is 1. The lowest BCUT2D eigenvalue weighted by molar-refractivity contribution is 0.0119. The number of allylic oxidation sites excluding steroid dienone is 2. The van der Waals surface area contributed by atoms with Gasteiger partial charge in [-0.1, -0.05) is 31.4 Å². The van der Waals surface area contributed by atoms with Crippen molar-refractivity contribution in [1.82, 2.24) is 10.2 Å². The van der Waals surface area contributed by atoms with Crippen molar-refractivity contribution >= 4 is 6.09 Å². The van der Waals surface area contributed by atoms with Crippen molar-refractivity contribution in [1.29, 1.82) is 0 Å². The van der Waals surface area contributed by atoms with E-state index in [2.05, 4.69) is 24.6 Å². The fraction of sp³-hybridized carbons (Fsp3) is 0.682. The fourth-order valence-electron chi connectivity index (χ4n) is 4.02. The maximum absolute atomic E-state index is 12.6. The monoisotopic (exact) mass is 360 g/mol. The number of nitrogens with zero attached hydrogens (tertiary/aromatic N) is 1. The second-order valence-electron chi connectivity index (χ2n) is 8.57. The molecule has 2 aliphatic rings. The van der Waals surface area contributed by atoms with Crippen molar-refractivity contribution in [3.63, 3.8) is 0 Å². The van der Waals surface area contributed by atoms with E-state index in [4.69, 9.17) is 4.74 Å². The molecule has 0 aliphatic heterocycles. The maximum atomic E-state index is 12.6. The van der Waals surface area contributed by atoms with E-state index in [1.165, 1.54) is 5.57 Å². The Morgan fingerprint density at radius 2 is 2.00 bits per heavy atom. The van der Waals surface area contributed by atoms with Crippen LogP contribution in [0.1, 0.15) is 66.2 Å². The minimum absolute atomic E-state index is 0.0610. The van der Waals surface area contributed by atoms with Crippen LogP contribution in [0.2, 0.25) is 0 Å². The lowest BCUT2D eigenvalue weighted by atomic mass is 9.88. The van der Waals surface area contributed by atoms with Gasteiger partial charge in [0.05, 0.1) is 0 Å². The molecule has 146 valence electrons. The van der Waals surface area contributed by atoms with Crippen LogP contribution < -0.4 is 5.32 Å². The summed E-state index contributed by atoms with van der Waals surface area (Å²) in [4.78, 5) is 14.5. The quantitative estimate of drug-likeness (QED) is 0.651. The van der Waals surface area contributed by atoms with Crippen LogP contribution in [0.5, 0.6) is 0 Å². The molecule has 0 radical (unpaired) electrons. The van der Waals surface area contributed by atoms with Gasteiger partial charge in [0, 0.05) is 24.2 Å². The third-order valence-corrected chi connectivity index (χ3v) is 5.36. The molecule has 0 aromatic heterocycles. The van der Waals surface area contributed by atoms with Crippen LogP contribution in [-0.2, 0) is 4.74 Å². The highest BCUT2D eigenvalue weighted by atomic mass is 16.6. The van der Waals surface area contributed by atoms with Crippen LogP contribution in [0.25, 0.3) is 0 Å². The zero-order valence-corrected chi connectivity index (χ0v) is 17.0. The molecule has 2 rings (SSSR count). The first kappa shape index (κ1) is 20.8. The Bertz CT molecular complexity index is 555. The average molecular weight is 361 g/mol. The van der Waals surface area contributed by atoms with E-state index in [-0.39, 0.29) is 17.7 Å². The lowest BCUT2D eigenvalue weighted by Gasteiger charge is -2.39. The Morgan fingerprint density at radius 3 is 2.50 bits per heavy atom. The Hall–Kier alpha value is -1.55. The van der Waals surface area contributed by atoms with Crippen molar-refractivity contribution in [3.8, 4) is 0 Å². The van der Waals surface area contributed by atoms with Gasteiger partial charge in [-0.05, 0) is 71.8 Å². The molecule has 2 atom stereocenters. The van der Waals surface area contributed by atoms with Crippen molar-refractivity contribution in [2.75, 3.05) is 6.54 Å². The largest absolute Gasteiger partial charge is 0.444 e.